The lowest BCUT2D eigenvalue weighted by atomic mass is 9.99. The van der Waals surface area contributed by atoms with Gasteiger partial charge in [0.15, 0.2) is 0 Å². The van der Waals surface area contributed by atoms with Gasteiger partial charge in [0.1, 0.15) is 11.9 Å². The van der Waals surface area contributed by atoms with Gasteiger partial charge in [0.25, 0.3) is 0 Å². The quantitative estimate of drug-likeness (QED) is 0.657. The fourth-order valence-corrected chi connectivity index (χ4v) is 2.96. The highest BCUT2D eigenvalue weighted by Crippen LogP contribution is 2.28. The summed E-state index contributed by atoms with van der Waals surface area (Å²) < 4.78 is 6.03. The topological polar surface area (TPSA) is 97.5 Å². The van der Waals surface area contributed by atoms with Crippen molar-refractivity contribution in [2.45, 2.75) is 25.0 Å². The first-order valence-corrected chi connectivity index (χ1v) is 8.67. The molecule has 0 radical (unpaired) electrons. The molecule has 1 aromatic carbocycles. The first kappa shape index (κ1) is 18.1. The van der Waals surface area contributed by atoms with Crippen LogP contribution in [0.1, 0.15) is 29.2 Å². The van der Waals surface area contributed by atoms with Gasteiger partial charge in [-0.3, -0.25) is 9.78 Å². The highest BCUT2D eigenvalue weighted by molar-refractivity contribution is 5.90. The summed E-state index contributed by atoms with van der Waals surface area (Å²) >= 11 is 0. The van der Waals surface area contributed by atoms with E-state index in [2.05, 4.69) is 10.3 Å². The number of nitrogens with zero attached hydrogens (tertiary/aromatic N) is 1. The van der Waals surface area contributed by atoms with E-state index >= 15 is 0 Å². The number of amides is 1. The van der Waals surface area contributed by atoms with E-state index in [1.807, 2.05) is 30.3 Å². The van der Waals surface area contributed by atoms with Crippen molar-refractivity contribution in [3.05, 3.63) is 65.5 Å². The van der Waals surface area contributed by atoms with Crippen LogP contribution in [0.25, 0.3) is 6.08 Å². The summed E-state index contributed by atoms with van der Waals surface area (Å²) in [6.07, 6.45) is 7.70. The van der Waals surface area contributed by atoms with Crippen molar-refractivity contribution in [3.8, 4) is 5.75 Å². The van der Waals surface area contributed by atoms with E-state index in [0.29, 0.717) is 13.1 Å². The van der Waals surface area contributed by atoms with Gasteiger partial charge in [-0.15, -0.1) is 0 Å². The van der Waals surface area contributed by atoms with Crippen molar-refractivity contribution in [1.29, 1.82) is 0 Å². The Morgan fingerprint density at radius 3 is 3.12 bits per heavy atom. The smallest absolute Gasteiger partial charge is 0.241 e. The summed E-state index contributed by atoms with van der Waals surface area (Å²) in [5.74, 6) is 0.408. The Kier molecular flexibility index (Phi) is 5.99. The molecule has 0 fully saturated rings. The van der Waals surface area contributed by atoms with Crippen molar-refractivity contribution in [2.75, 3.05) is 13.1 Å². The van der Waals surface area contributed by atoms with E-state index in [0.717, 1.165) is 35.3 Å². The Bertz CT molecular complexity index is 777. The predicted molar refractivity (Wildman–Crippen MR) is 99.5 cm³/mol. The molecule has 2 aromatic rings. The second-order valence-electron chi connectivity index (χ2n) is 6.34. The molecular formula is C20H23N3O3. The number of benzene rings is 1. The maximum absolute atomic E-state index is 10.8. The Morgan fingerprint density at radius 1 is 1.46 bits per heavy atom. The molecule has 6 heteroatoms. The zero-order valence-electron chi connectivity index (χ0n) is 14.5. The molecule has 0 unspecified atom stereocenters. The zero-order chi connectivity index (χ0) is 18.4. The molecule has 2 atom stereocenters. The summed E-state index contributed by atoms with van der Waals surface area (Å²) in [7, 11) is 0. The van der Waals surface area contributed by atoms with Gasteiger partial charge in [0.2, 0.25) is 5.91 Å². The van der Waals surface area contributed by atoms with Crippen LogP contribution < -0.4 is 15.8 Å². The molecule has 1 aliphatic rings. The number of hydrogen-bond donors (Lipinski definition) is 3. The number of aryl methyl sites for hydroxylation is 1. The summed E-state index contributed by atoms with van der Waals surface area (Å²) in [6.45, 7) is 1.12. The minimum absolute atomic E-state index is 0.0654. The molecule has 6 nitrogen and oxygen atoms in total. The second kappa shape index (κ2) is 8.60. The fraction of sp³-hybridized carbons (Fsp3) is 0.300. The third kappa shape index (κ3) is 4.91. The standard InChI is InChI=1S/C20H23N3O3/c21-20(25)8-4-14-3-7-19-15(10-14)5-6-17(26-19)12-23-13-18(24)16-2-1-9-22-11-16/h1-4,7-11,17-18,23-24H,5-6,12-13H2,(H2,21,25)/t17-,18-/m0/s1. The molecule has 1 aromatic heterocycles. The highest BCUT2D eigenvalue weighted by Gasteiger charge is 2.20. The van der Waals surface area contributed by atoms with Crippen LogP contribution in [-0.2, 0) is 11.2 Å². The summed E-state index contributed by atoms with van der Waals surface area (Å²) in [6, 6.07) is 9.51. The van der Waals surface area contributed by atoms with Crippen LogP contribution in [0.2, 0.25) is 0 Å². The molecule has 0 aliphatic carbocycles. The molecule has 0 saturated heterocycles. The third-order valence-electron chi connectivity index (χ3n) is 4.33. The van der Waals surface area contributed by atoms with Gasteiger partial charge in [0, 0.05) is 37.1 Å². The van der Waals surface area contributed by atoms with Crippen LogP contribution in [0, 0.1) is 0 Å². The van der Waals surface area contributed by atoms with Gasteiger partial charge in [-0.2, -0.15) is 0 Å². The monoisotopic (exact) mass is 353 g/mol. The number of nitrogens with one attached hydrogen (secondary N) is 1. The van der Waals surface area contributed by atoms with Crippen molar-refractivity contribution in [3.63, 3.8) is 0 Å². The number of aliphatic hydroxyl groups excluding tert-OH is 1. The number of ether oxygens (including phenoxy) is 1. The maximum atomic E-state index is 10.8. The van der Waals surface area contributed by atoms with Gasteiger partial charge in [-0.25, -0.2) is 0 Å². The lowest BCUT2D eigenvalue weighted by Gasteiger charge is -2.27. The van der Waals surface area contributed by atoms with Crippen LogP contribution in [0.3, 0.4) is 0 Å². The number of carbonyl (C=O) groups excluding carboxylic acids is 1. The summed E-state index contributed by atoms with van der Waals surface area (Å²) in [5.41, 5.74) is 7.98. The van der Waals surface area contributed by atoms with Gasteiger partial charge in [-0.05, 0) is 48.2 Å². The Labute approximate surface area is 152 Å². The van der Waals surface area contributed by atoms with E-state index in [1.54, 1.807) is 18.5 Å². The van der Waals surface area contributed by atoms with Crippen LogP contribution in [-0.4, -0.2) is 35.2 Å². The van der Waals surface area contributed by atoms with E-state index in [1.165, 1.54) is 6.08 Å². The molecule has 3 rings (SSSR count). The number of pyridine rings is 1. The Morgan fingerprint density at radius 2 is 2.35 bits per heavy atom. The Balaban J connectivity index is 1.50. The van der Waals surface area contributed by atoms with E-state index < -0.39 is 12.0 Å². The molecule has 0 spiro atoms. The normalized spacial score (nSPS) is 17.5. The van der Waals surface area contributed by atoms with Crippen molar-refractivity contribution >= 4 is 12.0 Å². The van der Waals surface area contributed by atoms with Crippen LogP contribution >= 0.6 is 0 Å². The molecule has 136 valence electrons. The lowest BCUT2D eigenvalue weighted by Crippen LogP contribution is -2.36. The van der Waals surface area contributed by atoms with Crippen molar-refractivity contribution in [1.82, 2.24) is 10.3 Å². The number of aliphatic hydroxyl groups is 1. The molecule has 1 amide bonds. The first-order chi connectivity index (χ1) is 12.6. The molecule has 2 heterocycles. The molecular weight excluding hydrogens is 330 g/mol. The number of carbonyl (C=O) groups is 1. The number of hydrogen-bond acceptors (Lipinski definition) is 5. The lowest BCUT2D eigenvalue weighted by molar-refractivity contribution is -0.113. The number of aromatic nitrogens is 1. The molecule has 0 bridgehead atoms. The van der Waals surface area contributed by atoms with E-state index in [4.69, 9.17) is 10.5 Å². The average molecular weight is 353 g/mol. The van der Waals surface area contributed by atoms with Gasteiger partial charge in [0.05, 0.1) is 6.10 Å². The summed E-state index contributed by atoms with van der Waals surface area (Å²) in [4.78, 5) is 14.8. The Hall–Kier alpha value is -2.70. The molecule has 1 aliphatic heterocycles. The SMILES string of the molecule is NC(=O)C=Cc1ccc2c(c1)CC[C@@H](CNC[C@H](O)c1cccnc1)O2. The fourth-order valence-electron chi connectivity index (χ4n) is 2.96. The van der Waals surface area contributed by atoms with E-state index in [9.17, 15) is 9.90 Å². The maximum Gasteiger partial charge on any atom is 0.241 e. The molecule has 26 heavy (non-hydrogen) atoms. The van der Waals surface area contributed by atoms with Crippen LogP contribution in [0.4, 0.5) is 0 Å². The van der Waals surface area contributed by atoms with Gasteiger partial charge in [-0.1, -0.05) is 12.1 Å². The van der Waals surface area contributed by atoms with Crippen molar-refractivity contribution < 1.29 is 14.6 Å². The average Bonchev–Trinajstić information content (AvgIpc) is 2.66. The summed E-state index contributed by atoms with van der Waals surface area (Å²) in [5, 5.41) is 13.4. The molecule has 0 saturated carbocycles. The van der Waals surface area contributed by atoms with E-state index in [-0.39, 0.29) is 6.10 Å². The first-order valence-electron chi connectivity index (χ1n) is 8.67. The number of nitrogens with two attached hydrogens (primary N) is 1. The highest BCUT2D eigenvalue weighted by atomic mass is 16.5. The minimum Gasteiger partial charge on any atom is -0.489 e. The predicted octanol–water partition coefficient (Wildman–Crippen LogP) is 1.60. The minimum atomic E-state index is -0.584. The number of fused-ring (bicyclic) bond motifs is 1. The second-order valence-corrected chi connectivity index (χ2v) is 6.34. The molecule has 4 N–H and O–H groups in total. The number of rotatable bonds is 7. The zero-order valence-corrected chi connectivity index (χ0v) is 14.5. The largest absolute Gasteiger partial charge is 0.489 e. The van der Waals surface area contributed by atoms with Gasteiger partial charge >= 0.3 is 0 Å². The van der Waals surface area contributed by atoms with Crippen molar-refractivity contribution in [2.24, 2.45) is 5.73 Å². The van der Waals surface area contributed by atoms with Crippen LogP contribution in [0.15, 0.2) is 48.8 Å². The third-order valence-corrected chi connectivity index (χ3v) is 4.33. The van der Waals surface area contributed by atoms with Crippen LogP contribution in [0.5, 0.6) is 5.75 Å². The van der Waals surface area contributed by atoms with Gasteiger partial charge < -0.3 is 20.9 Å². The number of primary amides is 1.